The van der Waals surface area contributed by atoms with Gasteiger partial charge >= 0.3 is 0 Å². The highest BCUT2D eigenvalue weighted by molar-refractivity contribution is 5.86. The second-order valence-corrected chi connectivity index (χ2v) is 4.51. The summed E-state index contributed by atoms with van der Waals surface area (Å²) < 4.78 is 26.7. The number of nitrogens with two attached hydrogens (primary N) is 1. The molecule has 3 aromatic rings. The van der Waals surface area contributed by atoms with Crippen LogP contribution in [0.4, 0.5) is 5.82 Å². The fraction of sp³-hybridized carbons (Fsp3) is 0.286. The molecular weight excluding hydrogens is 254 g/mol. The summed E-state index contributed by atoms with van der Waals surface area (Å²) in [5.74, 6) is 1.72. The van der Waals surface area contributed by atoms with Crippen LogP contribution in [0, 0.1) is 0 Å². The number of hydrogen-bond donors (Lipinski definition) is 3. The van der Waals surface area contributed by atoms with Crippen LogP contribution >= 0.6 is 0 Å². The van der Waals surface area contributed by atoms with Crippen molar-refractivity contribution in [1.82, 2.24) is 20.3 Å². The molecule has 0 saturated heterocycles. The molecule has 0 spiro atoms. The van der Waals surface area contributed by atoms with Crippen LogP contribution in [0.15, 0.2) is 28.9 Å². The highest BCUT2D eigenvalue weighted by Gasteiger charge is 2.10. The third kappa shape index (κ3) is 2.50. The van der Waals surface area contributed by atoms with Gasteiger partial charge in [0.05, 0.1) is 18.1 Å². The van der Waals surface area contributed by atoms with E-state index in [0.717, 1.165) is 16.8 Å². The Morgan fingerprint density at radius 1 is 1.50 bits per heavy atom. The summed E-state index contributed by atoms with van der Waals surface area (Å²) in [6, 6.07) is 5.51. The first kappa shape index (κ1) is 9.55. The van der Waals surface area contributed by atoms with Gasteiger partial charge < -0.3 is 20.5 Å². The van der Waals surface area contributed by atoms with E-state index in [4.69, 9.17) is 14.3 Å². The van der Waals surface area contributed by atoms with Crippen molar-refractivity contribution >= 4 is 16.9 Å². The molecule has 3 aromatic heterocycles. The molecule has 3 heterocycles. The molecule has 0 fully saturated rings. The summed E-state index contributed by atoms with van der Waals surface area (Å²) >= 11 is 0. The fourth-order valence-electron chi connectivity index (χ4n) is 2.11. The summed E-state index contributed by atoms with van der Waals surface area (Å²) in [7, 11) is 0. The van der Waals surface area contributed by atoms with Crippen LogP contribution in [-0.2, 0) is 12.8 Å². The van der Waals surface area contributed by atoms with Crippen LogP contribution in [0.3, 0.4) is 0 Å². The minimum Gasteiger partial charge on any atom is -0.469 e. The van der Waals surface area contributed by atoms with Gasteiger partial charge in [0, 0.05) is 16.4 Å². The second-order valence-electron chi connectivity index (χ2n) is 4.51. The fourth-order valence-corrected chi connectivity index (χ4v) is 2.11. The number of nitrogens with one attached hydrogen (secondary N) is 2. The molecule has 0 aliphatic heterocycles. The highest BCUT2D eigenvalue weighted by atomic mass is 16.3. The number of aromatic nitrogens is 3. The molecule has 0 aromatic carbocycles. The minimum absolute atomic E-state index is 0.329. The van der Waals surface area contributed by atoms with Gasteiger partial charge in [0.25, 0.3) is 0 Å². The van der Waals surface area contributed by atoms with Crippen LogP contribution in [0.25, 0.3) is 11.0 Å². The van der Waals surface area contributed by atoms with Crippen molar-refractivity contribution in [3.63, 3.8) is 0 Å². The van der Waals surface area contributed by atoms with Gasteiger partial charge in [0.15, 0.2) is 0 Å². The number of rotatable bonds is 5. The Bertz CT molecular complexity index is 795. The van der Waals surface area contributed by atoms with Gasteiger partial charge in [-0.1, -0.05) is 0 Å². The Hall–Kier alpha value is -2.34. The van der Waals surface area contributed by atoms with Gasteiger partial charge in [0.2, 0.25) is 0 Å². The van der Waals surface area contributed by atoms with Crippen molar-refractivity contribution in [3.05, 3.63) is 41.7 Å². The lowest BCUT2D eigenvalue weighted by molar-refractivity contribution is 0.517. The van der Waals surface area contributed by atoms with E-state index in [1.807, 2.05) is 18.2 Å². The van der Waals surface area contributed by atoms with E-state index in [1.54, 1.807) is 6.26 Å². The third-order valence-electron chi connectivity index (χ3n) is 3.05. The number of likely N-dealkylation sites (N-methyl/N-ethyl adjacent to an activating group) is 1. The Labute approximate surface area is 120 Å². The molecule has 6 heteroatoms. The summed E-state index contributed by atoms with van der Waals surface area (Å²) in [6.45, 7) is -1.81. The molecule has 0 atom stereocenters. The SMILES string of the molecule is [2H]C([2H])([2H])NCCc1cc2c(N)nc(Cc3ccco3)nc2[nH]1. The second kappa shape index (κ2) is 5.34. The Balaban J connectivity index is 1.77. The first-order valence-corrected chi connectivity index (χ1v) is 6.32. The number of fused-ring (bicyclic) bond motifs is 1. The molecule has 0 amide bonds. The maximum absolute atomic E-state index is 7.12. The number of anilines is 1. The highest BCUT2D eigenvalue weighted by Crippen LogP contribution is 2.20. The zero-order valence-corrected chi connectivity index (χ0v) is 10.8. The lowest BCUT2D eigenvalue weighted by Crippen LogP contribution is -2.10. The van der Waals surface area contributed by atoms with E-state index < -0.39 is 6.98 Å². The Morgan fingerprint density at radius 3 is 3.25 bits per heavy atom. The number of aromatic amines is 1. The van der Waals surface area contributed by atoms with E-state index in [2.05, 4.69) is 20.3 Å². The number of furan rings is 1. The van der Waals surface area contributed by atoms with Gasteiger partial charge in [-0.15, -0.1) is 0 Å². The van der Waals surface area contributed by atoms with Crippen LogP contribution in [-0.4, -0.2) is 28.5 Å². The van der Waals surface area contributed by atoms with Crippen molar-refractivity contribution in [2.24, 2.45) is 0 Å². The maximum Gasteiger partial charge on any atom is 0.143 e. The van der Waals surface area contributed by atoms with E-state index in [-0.39, 0.29) is 0 Å². The summed E-state index contributed by atoms with van der Waals surface area (Å²) in [5, 5.41) is 3.20. The molecule has 0 unspecified atom stereocenters. The average molecular weight is 274 g/mol. The molecule has 0 saturated carbocycles. The van der Waals surface area contributed by atoms with Crippen LogP contribution in [0.1, 0.15) is 21.4 Å². The molecule has 3 rings (SSSR count). The molecular formula is C14H17N5O. The summed E-state index contributed by atoms with van der Waals surface area (Å²) in [5.41, 5.74) is 7.49. The molecule has 0 aliphatic rings. The minimum atomic E-state index is -2.14. The smallest absolute Gasteiger partial charge is 0.143 e. The van der Waals surface area contributed by atoms with Gasteiger partial charge in [-0.2, -0.15) is 0 Å². The normalized spacial score (nSPS) is 14.1. The largest absolute Gasteiger partial charge is 0.469 e. The number of H-pyrrole nitrogens is 1. The van der Waals surface area contributed by atoms with Crippen molar-refractivity contribution in [1.29, 1.82) is 0 Å². The Morgan fingerprint density at radius 2 is 2.45 bits per heavy atom. The van der Waals surface area contributed by atoms with E-state index >= 15 is 0 Å². The van der Waals surface area contributed by atoms with Crippen molar-refractivity contribution in [3.8, 4) is 0 Å². The molecule has 0 bridgehead atoms. The Kier molecular flexibility index (Phi) is 2.55. The molecule has 0 aliphatic carbocycles. The number of nitrogens with zero attached hydrogens (tertiary/aromatic N) is 2. The molecule has 20 heavy (non-hydrogen) atoms. The maximum atomic E-state index is 7.12. The first-order valence-electron chi connectivity index (χ1n) is 7.82. The molecule has 104 valence electrons. The van der Waals surface area contributed by atoms with Crippen molar-refractivity contribution in [2.75, 3.05) is 19.3 Å². The zero-order valence-electron chi connectivity index (χ0n) is 13.8. The molecule has 0 radical (unpaired) electrons. The van der Waals surface area contributed by atoms with E-state index in [0.29, 0.717) is 36.7 Å². The average Bonchev–Trinajstić information content (AvgIpc) is 3.07. The quantitative estimate of drug-likeness (QED) is 0.655. The van der Waals surface area contributed by atoms with Gasteiger partial charge in [-0.25, -0.2) is 9.97 Å². The van der Waals surface area contributed by atoms with Gasteiger partial charge in [-0.05, 0) is 31.6 Å². The van der Waals surface area contributed by atoms with Gasteiger partial charge in [-0.3, -0.25) is 0 Å². The van der Waals surface area contributed by atoms with Crippen molar-refractivity contribution in [2.45, 2.75) is 12.8 Å². The van der Waals surface area contributed by atoms with Gasteiger partial charge in [0.1, 0.15) is 23.0 Å². The van der Waals surface area contributed by atoms with Crippen molar-refractivity contribution < 1.29 is 8.53 Å². The summed E-state index contributed by atoms with van der Waals surface area (Å²) in [4.78, 5) is 11.9. The molecule has 6 nitrogen and oxygen atoms in total. The van der Waals surface area contributed by atoms with Crippen LogP contribution < -0.4 is 11.1 Å². The lowest BCUT2D eigenvalue weighted by atomic mass is 10.2. The summed E-state index contributed by atoms with van der Waals surface area (Å²) in [6.07, 6.45) is 2.59. The lowest BCUT2D eigenvalue weighted by Gasteiger charge is -2.00. The third-order valence-corrected chi connectivity index (χ3v) is 3.05. The van der Waals surface area contributed by atoms with E-state index in [1.165, 1.54) is 0 Å². The predicted molar refractivity (Wildman–Crippen MR) is 77.4 cm³/mol. The van der Waals surface area contributed by atoms with E-state index in [9.17, 15) is 0 Å². The topological polar surface area (TPSA) is 92.8 Å². The number of nitrogen functional groups attached to an aromatic ring is 1. The first-order chi connectivity index (χ1) is 10.9. The zero-order chi connectivity index (χ0) is 16.4. The van der Waals surface area contributed by atoms with Crippen LogP contribution in [0.5, 0.6) is 0 Å². The van der Waals surface area contributed by atoms with Crippen LogP contribution in [0.2, 0.25) is 0 Å². The molecule has 4 N–H and O–H groups in total. The predicted octanol–water partition coefficient (Wildman–Crippen LogP) is 1.49. The monoisotopic (exact) mass is 274 g/mol. The standard InChI is InChI=1S/C14H17N5O/c1-16-5-4-9-7-11-13(15)18-12(19-14(11)17-9)8-10-3-2-6-20-10/h2-3,6-7,16H,4-5,8H2,1H3,(H3,15,17,18,19)/i1D3. The number of hydrogen-bond acceptors (Lipinski definition) is 5.